The van der Waals surface area contributed by atoms with Crippen molar-refractivity contribution < 1.29 is 4.79 Å². The van der Waals surface area contributed by atoms with Gasteiger partial charge < -0.3 is 11.1 Å². The number of unbranched alkanes of at least 4 members (excludes halogenated alkanes) is 5. The van der Waals surface area contributed by atoms with E-state index in [1.54, 1.807) is 0 Å². The summed E-state index contributed by atoms with van der Waals surface area (Å²) in [5.41, 5.74) is 8.27. The largest absolute Gasteiger partial charge is 0.397 e. The number of carbonyl (C=O) groups is 1. The topological polar surface area (TPSA) is 55.1 Å². The molecule has 0 spiro atoms. The summed E-state index contributed by atoms with van der Waals surface area (Å²) >= 11 is 0. The van der Waals surface area contributed by atoms with Crippen LogP contribution in [0, 0.1) is 6.92 Å². The summed E-state index contributed by atoms with van der Waals surface area (Å²) in [6.07, 6.45) is 7.74. The summed E-state index contributed by atoms with van der Waals surface area (Å²) < 4.78 is 0. The molecule has 0 atom stereocenters. The van der Waals surface area contributed by atoms with E-state index in [1.165, 1.54) is 25.7 Å². The fraction of sp³-hybridized carbons (Fsp3) is 0.562. The predicted octanol–water partition coefficient (Wildman–Crippen LogP) is 4.27. The fourth-order valence-corrected chi connectivity index (χ4v) is 2.13. The van der Waals surface area contributed by atoms with Crippen LogP contribution >= 0.6 is 0 Å². The van der Waals surface area contributed by atoms with Crippen LogP contribution in [0.2, 0.25) is 0 Å². The molecule has 3 N–H and O–H groups in total. The molecule has 0 bridgehead atoms. The number of para-hydroxylation sites is 1. The normalized spacial score (nSPS) is 10.4. The van der Waals surface area contributed by atoms with Crippen LogP contribution in [0.5, 0.6) is 0 Å². The maximum Gasteiger partial charge on any atom is 0.224 e. The van der Waals surface area contributed by atoms with Gasteiger partial charge in [-0.3, -0.25) is 4.79 Å². The molecular formula is C16H26N2O. The zero-order valence-electron chi connectivity index (χ0n) is 12.2. The van der Waals surface area contributed by atoms with Crippen molar-refractivity contribution in [1.82, 2.24) is 0 Å². The molecule has 0 fully saturated rings. The first-order valence-electron chi connectivity index (χ1n) is 7.30. The molecule has 0 saturated carbocycles. The van der Waals surface area contributed by atoms with E-state index in [0.29, 0.717) is 12.1 Å². The highest BCUT2D eigenvalue weighted by Crippen LogP contribution is 2.22. The third-order valence-electron chi connectivity index (χ3n) is 3.33. The van der Waals surface area contributed by atoms with Gasteiger partial charge in [-0.15, -0.1) is 0 Å². The van der Waals surface area contributed by atoms with Gasteiger partial charge >= 0.3 is 0 Å². The lowest BCUT2D eigenvalue weighted by atomic mass is 10.1. The minimum Gasteiger partial charge on any atom is -0.397 e. The maximum absolute atomic E-state index is 11.8. The lowest BCUT2D eigenvalue weighted by molar-refractivity contribution is -0.116. The SMILES string of the molecule is CCCCCCCCC(=O)Nc1c(C)cccc1N. The van der Waals surface area contributed by atoms with Gasteiger partial charge in [0.15, 0.2) is 0 Å². The van der Waals surface area contributed by atoms with Gasteiger partial charge in [-0.05, 0) is 25.0 Å². The molecule has 19 heavy (non-hydrogen) atoms. The molecule has 0 aliphatic heterocycles. The number of carbonyl (C=O) groups excluding carboxylic acids is 1. The Morgan fingerprint density at radius 2 is 1.84 bits per heavy atom. The first-order valence-corrected chi connectivity index (χ1v) is 7.30. The molecule has 0 heterocycles. The standard InChI is InChI=1S/C16H26N2O/c1-3-4-5-6-7-8-12-15(19)18-16-13(2)10-9-11-14(16)17/h9-11H,3-8,12,17H2,1-2H3,(H,18,19). The first-order chi connectivity index (χ1) is 9.15. The Labute approximate surface area is 116 Å². The van der Waals surface area contributed by atoms with Crippen molar-refractivity contribution in [3.05, 3.63) is 23.8 Å². The van der Waals surface area contributed by atoms with Gasteiger partial charge in [0.05, 0.1) is 11.4 Å². The Bertz CT molecular complexity index is 381. The van der Waals surface area contributed by atoms with Crippen molar-refractivity contribution in [2.75, 3.05) is 11.1 Å². The average molecular weight is 262 g/mol. The van der Waals surface area contributed by atoms with Crippen LogP contribution < -0.4 is 11.1 Å². The highest BCUT2D eigenvalue weighted by Gasteiger charge is 2.07. The van der Waals surface area contributed by atoms with Gasteiger partial charge in [0.2, 0.25) is 5.91 Å². The van der Waals surface area contributed by atoms with Crippen LogP contribution in [0.1, 0.15) is 57.4 Å². The lowest BCUT2D eigenvalue weighted by Gasteiger charge is -2.11. The van der Waals surface area contributed by atoms with E-state index in [1.807, 2.05) is 25.1 Å². The summed E-state index contributed by atoms with van der Waals surface area (Å²) in [5.74, 6) is 0.0662. The molecule has 1 rings (SSSR count). The molecule has 0 aromatic heterocycles. The first kappa shape index (κ1) is 15.5. The van der Waals surface area contributed by atoms with Crippen LogP contribution in [-0.4, -0.2) is 5.91 Å². The van der Waals surface area contributed by atoms with Gasteiger partial charge in [-0.2, -0.15) is 0 Å². The molecule has 106 valence electrons. The maximum atomic E-state index is 11.8. The van der Waals surface area contributed by atoms with Crippen LogP contribution in [-0.2, 0) is 4.79 Å². The summed E-state index contributed by atoms with van der Waals surface area (Å²) in [7, 11) is 0. The van der Waals surface area contributed by atoms with Crippen molar-refractivity contribution in [3.63, 3.8) is 0 Å². The van der Waals surface area contributed by atoms with E-state index in [9.17, 15) is 4.79 Å². The quantitative estimate of drug-likeness (QED) is 0.543. The number of aryl methyl sites for hydroxylation is 1. The Morgan fingerprint density at radius 1 is 1.16 bits per heavy atom. The number of nitrogens with two attached hydrogens (primary N) is 1. The molecule has 1 amide bonds. The van der Waals surface area contributed by atoms with Crippen molar-refractivity contribution in [2.24, 2.45) is 0 Å². The summed E-state index contributed by atoms with van der Waals surface area (Å²) in [5, 5.41) is 2.92. The van der Waals surface area contributed by atoms with E-state index in [4.69, 9.17) is 5.73 Å². The Morgan fingerprint density at radius 3 is 2.53 bits per heavy atom. The van der Waals surface area contributed by atoms with E-state index >= 15 is 0 Å². The van der Waals surface area contributed by atoms with E-state index in [2.05, 4.69) is 12.2 Å². The zero-order valence-corrected chi connectivity index (χ0v) is 12.2. The second-order valence-electron chi connectivity index (χ2n) is 5.11. The monoisotopic (exact) mass is 262 g/mol. The number of hydrogen-bond acceptors (Lipinski definition) is 2. The molecule has 0 aliphatic rings. The van der Waals surface area contributed by atoms with Crippen molar-refractivity contribution in [3.8, 4) is 0 Å². The van der Waals surface area contributed by atoms with Crippen molar-refractivity contribution in [2.45, 2.75) is 58.8 Å². The van der Waals surface area contributed by atoms with Crippen LogP contribution in [0.15, 0.2) is 18.2 Å². The molecule has 3 nitrogen and oxygen atoms in total. The minimum atomic E-state index is 0.0662. The van der Waals surface area contributed by atoms with Gasteiger partial charge in [0.1, 0.15) is 0 Å². The Kier molecular flexibility index (Phi) is 7.01. The molecule has 0 unspecified atom stereocenters. The minimum absolute atomic E-state index is 0.0662. The van der Waals surface area contributed by atoms with Crippen molar-refractivity contribution >= 4 is 17.3 Å². The second-order valence-corrected chi connectivity index (χ2v) is 5.11. The van der Waals surface area contributed by atoms with E-state index in [-0.39, 0.29) is 5.91 Å². The van der Waals surface area contributed by atoms with Crippen LogP contribution in [0.4, 0.5) is 11.4 Å². The van der Waals surface area contributed by atoms with Crippen LogP contribution in [0.25, 0.3) is 0 Å². The number of anilines is 2. The lowest BCUT2D eigenvalue weighted by Crippen LogP contribution is -2.13. The van der Waals surface area contributed by atoms with Gasteiger partial charge in [0.25, 0.3) is 0 Å². The summed E-state index contributed by atoms with van der Waals surface area (Å²) in [6, 6.07) is 5.66. The third-order valence-corrected chi connectivity index (χ3v) is 3.33. The highest BCUT2D eigenvalue weighted by molar-refractivity contribution is 5.94. The zero-order chi connectivity index (χ0) is 14.1. The molecule has 1 aromatic carbocycles. The number of hydrogen-bond donors (Lipinski definition) is 2. The number of rotatable bonds is 8. The smallest absolute Gasteiger partial charge is 0.224 e. The van der Waals surface area contributed by atoms with Gasteiger partial charge in [-0.1, -0.05) is 51.2 Å². The van der Waals surface area contributed by atoms with E-state index in [0.717, 1.165) is 24.1 Å². The number of nitrogens with one attached hydrogen (secondary N) is 1. The molecule has 0 aliphatic carbocycles. The fourth-order valence-electron chi connectivity index (χ4n) is 2.13. The molecule has 0 saturated heterocycles. The highest BCUT2D eigenvalue weighted by atomic mass is 16.1. The van der Waals surface area contributed by atoms with Crippen molar-refractivity contribution in [1.29, 1.82) is 0 Å². The summed E-state index contributed by atoms with van der Waals surface area (Å²) in [4.78, 5) is 11.8. The molecule has 0 radical (unpaired) electrons. The number of benzene rings is 1. The molecular weight excluding hydrogens is 236 g/mol. The number of amides is 1. The van der Waals surface area contributed by atoms with E-state index < -0.39 is 0 Å². The number of nitrogen functional groups attached to an aromatic ring is 1. The predicted molar refractivity (Wildman–Crippen MR) is 82.2 cm³/mol. The second kappa shape index (κ2) is 8.57. The average Bonchev–Trinajstić information content (AvgIpc) is 2.38. The summed E-state index contributed by atoms with van der Waals surface area (Å²) in [6.45, 7) is 4.16. The third kappa shape index (κ3) is 5.77. The van der Waals surface area contributed by atoms with Gasteiger partial charge in [0, 0.05) is 6.42 Å². The molecule has 1 aromatic rings. The molecule has 3 heteroatoms. The van der Waals surface area contributed by atoms with Gasteiger partial charge in [-0.25, -0.2) is 0 Å². The Hall–Kier alpha value is -1.51. The van der Waals surface area contributed by atoms with Crippen LogP contribution in [0.3, 0.4) is 0 Å². The Balaban J connectivity index is 2.28.